The fraction of sp³-hybridized carbons (Fsp3) is 0. The molecule has 0 aliphatic heterocycles. The molecule has 2 rings (SSSR count). The predicted octanol–water partition coefficient (Wildman–Crippen LogP) is 2.85. The summed E-state index contributed by atoms with van der Waals surface area (Å²) in [5.41, 5.74) is 1.17. The average molecular weight is 286 g/mol. The molecule has 3 nitrogen and oxygen atoms in total. The highest BCUT2D eigenvalue weighted by atomic mass is 79.9. The van der Waals surface area contributed by atoms with Crippen molar-refractivity contribution < 1.29 is 0 Å². The van der Waals surface area contributed by atoms with Gasteiger partial charge < -0.3 is 0 Å². The van der Waals surface area contributed by atoms with E-state index in [1.54, 1.807) is 0 Å². The molecule has 76 valence electrons. The molecule has 0 aliphatic rings. The van der Waals surface area contributed by atoms with E-state index in [0.29, 0.717) is 10.0 Å². The number of hydrogen-bond donors (Lipinski definition) is 1. The van der Waals surface area contributed by atoms with E-state index in [4.69, 9.17) is 11.6 Å². The minimum atomic E-state index is -0.293. The number of hydrogen-bond acceptors (Lipinski definition) is 2. The number of rotatable bonds is 1. The Kier molecular flexibility index (Phi) is 2.88. The summed E-state index contributed by atoms with van der Waals surface area (Å²) < 4.78 is 0.397. The van der Waals surface area contributed by atoms with Crippen LogP contribution in [0.2, 0.25) is 5.15 Å². The molecule has 2 aromatic rings. The third-order valence-electron chi connectivity index (χ3n) is 1.94. The van der Waals surface area contributed by atoms with Crippen molar-refractivity contribution in [1.29, 1.82) is 0 Å². The maximum absolute atomic E-state index is 11.3. The molecule has 1 heterocycles. The lowest BCUT2D eigenvalue weighted by molar-refractivity contribution is 0.982. The minimum Gasteiger partial charge on any atom is -0.267 e. The van der Waals surface area contributed by atoms with Crippen molar-refractivity contribution in [3.63, 3.8) is 0 Å². The lowest BCUT2D eigenvalue weighted by atomic mass is 10.1. The first-order chi connectivity index (χ1) is 7.20. The van der Waals surface area contributed by atoms with Gasteiger partial charge >= 0.3 is 0 Å². The van der Waals surface area contributed by atoms with Crippen LogP contribution in [0.15, 0.2) is 39.6 Å². The summed E-state index contributed by atoms with van der Waals surface area (Å²) in [4.78, 5) is 11.3. The molecule has 0 saturated heterocycles. The first kappa shape index (κ1) is 10.4. The quantitative estimate of drug-likeness (QED) is 0.876. The molecule has 1 N–H and O–H groups in total. The van der Waals surface area contributed by atoms with Crippen LogP contribution in [0.1, 0.15) is 0 Å². The summed E-state index contributed by atoms with van der Waals surface area (Å²) in [7, 11) is 0. The normalized spacial score (nSPS) is 10.3. The van der Waals surface area contributed by atoms with Gasteiger partial charge in [-0.25, -0.2) is 5.10 Å². The molecular formula is C10H6BrClN2O. The third kappa shape index (κ3) is 1.96. The standard InChI is InChI=1S/C10H6BrClN2O/c11-8-7(6-4-2-1-3-5-6)9(12)13-14-10(8)15/h1-5H,(H,14,15). The number of aromatic nitrogens is 2. The third-order valence-corrected chi connectivity index (χ3v) is 2.97. The van der Waals surface area contributed by atoms with E-state index in [1.165, 1.54) is 0 Å². The average Bonchev–Trinajstić information content (AvgIpc) is 2.26. The molecule has 5 heteroatoms. The van der Waals surface area contributed by atoms with Crippen LogP contribution in [0, 0.1) is 0 Å². The van der Waals surface area contributed by atoms with Crippen molar-refractivity contribution in [3.05, 3.63) is 50.3 Å². The summed E-state index contributed by atoms with van der Waals surface area (Å²) in [6.07, 6.45) is 0. The first-order valence-corrected chi connectivity index (χ1v) is 5.36. The van der Waals surface area contributed by atoms with Gasteiger partial charge in [-0.15, -0.1) is 0 Å². The Labute approximate surface area is 99.2 Å². The van der Waals surface area contributed by atoms with E-state index in [1.807, 2.05) is 30.3 Å². The van der Waals surface area contributed by atoms with Crippen LogP contribution in [0.25, 0.3) is 11.1 Å². The molecule has 0 amide bonds. The summed E-state index contributed by atoms with van der Waals surface area (Å²) >= 11 is 9.12. The SMILES string of the molecule is O=c1[nH]nc(Cl)c(-c2ccccc2)c1Br. The zero-order valence-corrected chi connectivity index (χ0v) is 9.84. The molecule has 0 spiro atoms. The monoisotopic (exact) mass is 284 g/mol. The van der Waals surface area contributed by atoms with E-state index in [0.717, 1.165) is 5.56 Å². The number of aromatic amines is 1. The van der Waals surface area contributed by atoms with Gasteiger partial charge in [0.25, 0.3) is 5.56 Å². The van der Waals surface area contributed by atoms with Crippen molar-refractivity contribution in [2.45, 2.75) is 0 Å². The number of nitrogens with one attached hydrogen (secondary N) is 1. The van der Waals surface area contributed by atoms with Crippen LogP contribution >= 0.6 is 27.5 Å². The molecule has 1 aromatic carbocycles. The van der Waals surface area contributed by atoms with Gasteiger partial charge in [-0.1, -0.05) is 41.9 Å². The van der Waals surface area contributed by atoms with E-state index in [9.17, 15) is 4.79 Å². The number of benzene rings is 1. The topological polar surface area (TPSA) is 45.8 Å². The molecule has 0 saturated carbocycles. The summed E-state index contributed by atoms with van der Waals surface area (Å²) in [6, 6.07) is 9.38. The summed E-state index contributed by atoms with van der Waals surface area (Å²) in [5.74, 6) is 0. The van der Waals surface area contributed by atoms with Crippen molar-refractivity contribution in [2.24, 2.45) is 0 Å². The zero-order valence-electron chi connectivity index (χ0n) is 7.50. The zero-order chi connectivity index (χ0) is 10.8. The lowest BCUT2D eigenvalue weighted by Gasteiger charge is -2.04. The van der Waals surface area contributed by atoms with Crippen LogP contribution in [0.3, 0.4) is 0 Å². The Bertz CT molecular complexity index is 539. The van der Waals surface area contributed by atoms with Crippen molar-refractivity contribution in [1.82, 2.24) is 10.2 Å². The Hall–Kier alpha value is -1.13. The Morgan fingerprint density at radius 3 is 2.60 bits per heavy atom. The van der Waals surface area contributed by atoms with E-state index < -0.39 is 0 Å². The molecule has 15 heavy (non-hydrogen) atoms. The Morgan fingerprint density at radius 1 is 1.27 bits per heavy atom. The smallest absolute Gasteiger partial charge is 0.267 e. The van der Waals surface area contributed by atoms with Crippen LogP contribution in [-0.4, -0.2) is 10.2 Å². The van der Waals surface area contributed by atoms with Gasteiger partial charge in [0, 0.05) is 5.56 Å². The van der Waals surface area contributed by atoms with Gasteiger partial charge in [-0.3, -0.25) is 4.79 Å². The number of H-pyrrole nitrogens is 1. The van der Waals surface area contributed by atoms with Gasteiger partial charge in [-0.05, 0) is 21.5 Å². The number of nitrogens with zero attached hydrogens (tertiary/aromatic N) is 1. The largest absolute Gasteiger partial charge is 0.279 e. The highest BCUT2D eigenvalue weighted by Crippen LogP contribution is 2.30. The fourth-order valence-electron chi connectivity index (χ4n) is 1.26. The van der Waals surface area contributed by atoms with Crippen molar-refractivity contribution >= 4 is 27.5 Å². The Morgan fingerprint density at radius 2 is 1.93 bits per heavy atom. The van der Waals surface area contributed by atoms with Gasteiger partial charge in [0.15, 0.2) is 5.15 Å². The van der Waals surface area contributed by atoms with Crippen LogP contribution in [0.4, 0.5) is 0 Å². The fourth-order valence-corrected chi connectivity index (χ4v) is 2.12. The second-order valence-electron chi connectivity index (χ2n) is 2.90. The van der Waals surface area contributed by atoms with E-state index >= 15 is 0 Å². The Balaban J connectivity index is 2.73. The lowest BCUT2D eigenvalue weighted by Crippen LogP contribution is -2.10. The van der Waals surface area contributed by atoms with Gasteiger partial charge in [0.2, 0.25) is 0 Å². The molecular weight excluding hydrogens is 279 g/mol. The maximum atomic E-state index is 11.3. The predicted molar refractivity (Wildman–Crippen MR) is 63.0 cm³/mol. The molecule has 1 aromatic heterocycles. The second-order valence-corrected chi connectivity index (χ2v) is 4.05. The molecule has 0 aliphatic carbocycles. The van der Waals surface area contributed by atoms with Crippen LogP contribution < -0.4 is 5.56 Å². The molecule has 0 atom stereocenters. The highest BCUT2D eigenvalue weighted by molar-refractivity contribution is 9.10. The maximum Gasteiger partial charge on any atom is 0.279 e. The van der Waals surface area contributed by atoms with Crippen LogP contribution in [-0.2, 0) is 0 Å². The first-order valence-electron chi connectivity index (χ1n) is 4.19. The molecule has 0 fully saturated rings. The van der Waals surface area contributed by atoms with E-state index in [-0.39, 0.29) is 10.7 Å². The van der Waals surface area contributed by atoms with Gasteiger partial charge in [0.1, 0.15) is 0 Å². The van der Waals surface area contributed by atoms with Gasteiger partial charge in [0.05, 0.1) is 4.47 Å². The summed E-state index contributed by atoms with van der Waals surface area (Å²) in [5, 5.41) is 6.28. The summed E-state index contributed by atoms with van der Waals surface area (Å²) in [6.45, 7) is 0. The molecule has 0 bridgehead atoms. The van der Waals surface area contributed by atoms with E-state index in [2.05, 4.69) is 26.1 Å². The number of halogens is 2. The van der Waals surface area contributed by atoms with Crippen molar-refractivity contribution in [2.75, 3.05) is 0 Å². The molecule has 0 unspecified atom stereocenters. The molecule has 0 radical (unpaired) electrons. The van der Waals surface area contributed by atoms with Crippen LogP contribution in [0.5, 0.6) is 0 Å². The highest BCUT2D eigenvalue weighted by Gasteiger charge is 2.11. The van der Waals surface area contributed by atoms with Crippen molar-refractivity contribution in [3.8, 4) is 11.1 Å². The van der Waals surface area contributed by atoms with Gasteiger partial charge in [-0.2, -0.15) is 5.10 Å². The second kappa shape index (κ2) is 4.16. The minimum absolute atomic E-state index is 0.271.